The zero-order chi connectivity index (χ0) is 16.8. The van der Waals surface area contributed by atoms with Crippen molar-refractivity contribution in [3.05, 3.63) is 49.0 Å². The SMILES string of the molecule is C=C(C)CN(CC)C(=O)C(=O)Nc1cccc(-c2cnco2)c1. The summed E-state index contributed by atoms with van der Waals surface area (Å²) in [6.07, 6.45) is 2.92. The molecule has 1 heterocycles. The van der Waals surface area contributed by atoms with Crippen LogP contribution < -0.4 is 5.32 Å². The second-order valence-electron chi connectivity index (χ2n) is 5.18. The molecule has 1 N–H and O–H groups in total. The van der Waals surface area contributed by atoms with Gasteiger partial charge in [0.15, 0.2) is 12.2 Å². The molecule has 1 aromatic carbocycles. The van der Waals surface area contributed by atoms with Gasteiger partial charge in [-0.2, -0.15) is 0 Å². The van der Waals surface area contributed by atoms with Crippen LogP contribution in [0.5, 0.6) is 0 Å². The molecule has 6 nitrogen and oxygen atoms in total. The topological polar surface area (TPSA) is 75.4 Å². The van der Waals surface area contributed by atoms with E-state index in [-0.39, 0.29) is 0 Å². The van der Waals surface area contributed by atoms with Crippen LogP contribution in [0.15, 0.2) is 53.4 Å². The fourth-order valence-corrected chi connectivity index (χ4v) is 2.09. The van der Waals surface area contributed by atoms with E-state index in [1.165, 1.54) is 11.3 Å². The van der Waals surface area contributed by atoms with Gasteiger partial charge >= 0.3 is 11.8 Å². The average molecular weight is 313 g/mol. The summed E-state index contributed by atoms with van der Waals surface area (Å²) in [5.74, 6) is -0.673. The van der Waals surface area contributed by atoms with Gasteiger partial charge in [-0.05, 0) is 26.0 Å². The van der Waals surface area contributed by atoms with E-state index in [9.17, 15) is 9.59 Å². The molecule has 1 aromatic heterocycles. The summed E-state index contributed by atoms with van der Waals surface area (Å²) >= 11 is 0. The van der Waals surface area contributed by atoms with Gasteiger partial charge in [-0.3, -0.25) is 9.59 Å². The monoisotopic (exact) mass is 313 g/mol. The minimum atomic E-state index is -0.678. The maximum absolute atomic E-state index is 12.2. The molecule has 0 radical (unpaired) electrons. The molecule has 0 unspecified atom stereocenters. The predicted octanol–water partition coefficient (Wildman–Crippen LogP) is 2.70. The first-order valence-electron chi connectivity index (χ1n) is 7.24. The molecule has 0 aliphatic rings. The van der Waals surface area contributed by atoms with Crippen molar-refractivity contribution in [3.8, 4) is 11.3 Å². The first-order chi connectivity index (χ1) is 11.0. The molecule has 120 valence electrons. The zero-order valence-corrected chi connectivity index (χ0v) is 13.2. The molecule has 0 spiro atoms. The van der Waals surface area contributed by atoms with Crippen molar-refractivity contribution in [1.29, 1.82) is 0 Å². The van der Waals surface area contributed by atoms with E-state index in [1.54, 1.807) is 24.4 Å². The number of carbonyl (C=O) groups excluding carboxylic acids is 2. The predicted molar refractivity (Wildman–Crippen MR) is 87.6 cm³/mol. The Balaban J connectivity index is 2.09. The van der Waals surface area contributed by atoms with Crippen LogP contribution in [0.4, 0.5) is 5.69 Å². The van der Waals surface area contributed by atoms with E-state index in [0.29, 0.717) is 24.5 Å². The molecule has 0 atom stereocenters. The third-order valence-electron chi connectivity index (χ3n) is 3.16. The number of amides is 2. The average Bonchev–Trinajstić information content (AvgIpc) is 3.06. The number of hydrogen-bond acceptors (Lipinski definition) is 4. The molecule has 2 aromatic rings. The van der Waals surface area contributed by atoms with Gasteiger partial charge in [0.05, 0.1) is 6.20 Å². The van der Waals surface area contributed by atoms with Crippen LogP contribution in [-0.4, -0.2) is 34.8 Å². The highest BCUT2D eigenvalue weighted by Crippen LogP contribution is 2.22. The molecule has 2 rings (SSSR count). The van der Waals surface area contributed by atoms with Crippen molar-refractivity contribution in [2.24, 2.45) is 0 Å². The summed E-state index contributed by atoms with van der Waals surface area (Å²) in [4.78, 5) is 29.6. The van der Waals surface area contributed by atoms with E-state index in [2.05, 4.69) is 16.9 Å². The maximum atomic E-state index is 12.2. The molecule has 0 bridgehead atoms. The number of nitrogens with zero attached hydrogens (tertiary/aromatic N) is 2. The molecule has 6 heteroatoms. The molecule has 0 fully saturated rings. The van der Waals surface area contributed by atoms with Gasteiger partial charge in [0, 0.05) is 24.3 Å². The highest BCUT2D eigenvalue weighted by molar-refractivity contribution is 6.39. The fourth-order valence-electron chi connectivity index (χ4n) is 2.09. The van der Waals surface area contributed by atoms with Crippen LogP contribution in [0.3, 0.4) is 0 Å². The molecule has 2 amide bonds. The molecule has 0 aliphatic carbocycles. The van der Waals surface area contributed by atoms with Crippen LogP contribution in [-0.2, 0) is 9.59 Å². The Morgan fingerprint density at radius 2 is 2.17 bits per heavy atom. The smallest absolute Gasteiger partial charge is 0.313 e. The largest absolute Gasteiger partial charge is 0.444 e. The number of oxazole rings is 1. The summed E-state index contributed by atoms with van der Waals surface area (Å²) < 4.78 is 5.22. The lowest BCUT2D eigenvalue weighted by atomic mass is 10.1. The minimum absolute atomic E-state index is 0.362. The lowest BCUT2D eigenvalue weighted by Crippen LogP contribution is -2.40. The summed E-state index contributed by atoms with van der Waals surface area (Å²) in [6.45, 7) is 8.20. The Morgan fingerprint density at radius 3 is 2.78 bits per heavy atom. The van der Waals surface area contributed by atoms with Crippen molar-refractivity contribution in [1.82, 2.24) is 9.88 Å². The third kappa shape index (κ3) is 4.29. The standard InChI is InChI=1S/C17H19N3O3/c1-4-20(10-12(2)3)17(22)16(21)19-14-7-5-6-13(8-14)15-9-18-11-23-15/h5-9,11H,2,4,10H2,1,3H3,(H,19,21). The van der Waals surface area contributed by atoms with Gasteiger partial charge < -0.3 is 14.6 Å². The van der Waals surface area contributed by atoms with E-state index >= 15 is 0 Å². The highest BCUT2D eigenvalue weighted by atomic mass is 16.3. The number of likely N-dealkylation sites (N-methyl/N-ethyl adjacent to an activating group) is 1. The molecule has 23 heavy (non-hydrogen) atoms. The van der Waals surface area contributed by atoms with E-state index < -0.39 is 11.8 Å². The van der Waals surface area contributed by atoms with Crippen molar-refractivity contribution in [3.63, 3.8) is 0 Å². The summed E-state index contributed by atoms with van der Waals surface area (Å²) in [5.41, 5.74) is 2.10. The van der Waals surface area contributed by atoms with Crippen LogP contribution in [0.1, 0.15) is 13.8 Å². The normalized spacial score (nSPS) is 10.2. The Morgan fingerprint density at radius 1 is 1.39 bits per heavy atom. The van der Waals surface area contributed by atoms with Crippen molar-refractivity contribution >= 4 is 17.5 Å². The van der Waals surface area contributed by atoms with Crippen LogP contribution >= 0.6 is 0 Å². The summed E-state index contributed by atoms with van der Waals surface area (Å²) in [7, 11) is 0. The van der Waals surface area contributed by atoms with Crippen molar-refractivity contribution in [2.45, 2.75) is 13.8 Å². The minimum Gasteiger partial charge on any atom is -0.444 e. The van der Waals surface area contributed by atoms with Gasteiger partial charge in [-0.15, -0.1) is 0 Å². The first kappa shape index (κ1) is 16.5. The number of carbonyl (C=O) groups is 2. The van der Waals surface area contributed by atoms with Gasteiger partial charge in [-0.1, -0.05) is 24.3 Å². The Hall–Kier alpha value is -2.89. The third-order valence-corrected chi connectivity index (χ3v) is 3.16. The Bertz CT molecular complexity index is 708. The van der Waals surface area contributed by atoms with Crippen molar-refractivity contribution in [2.75, 3.05) is 18.4 Å². The summed E-state index contributed by atoms with van der Waals surface area (Å²) in [6, 6.07) is 7.03. The van der Waals surface area contributed by atoms with Crippen LogP contribution in [0.2, 0.25) is 0 Å². The molecular formula is C17H19N3O3. The Kier molecular flexibility index (Phi) is 5.30. The lowest BCUT2D eigenvalue weighted by molar-refractivity contribution is -0.142. The number of benzene rings is 1. The molecular weight excluding hydrogens is 294 g/mol. The number of anilines is 1. The van der Waals surface area contributed by atoms with Crippen LogP contribution in [0.25, 0.3) is 11.3 Å². The summed E-state index contributed by atoms with van der Waals surface area (Å²) in [5, 5.41) is 2.61. The van der Waals surface area contributed by atoms with E-state index in [1.807, 2.05) is 19.9 Å². The highest BCUT2D eigenvalue weighted by Gasteiger charge is 2.20. The number of hydrogen-bond donors (Lipinski definition) is 1. The van der Waals surface area contributed by atoms with E-state index in [4.69, 9.17) is 4.42 Å². The Labute approximate surface area is 134 Å². The first-order valence-corrected chi connectivity index (χ1v) is 7.24. The quantitative estimate of drug-likeness (QED) is 0.680. The molecule has 0 saturated heterocycles. The number of rotatable bonds is 5. The zero-order valence-electron chi connectivity index (χ0n) is 13.2. The van der Waals surface area contributed by atoms with Gasteiger partial charge in [0.1, 0.15) is 0 Å². The van der Waals surface area contributed by atoms with Gasteiger partial charge in [-0.25, -0.2) is 4.98 Å². The lowest BCUT2D eigenvalue weighted by Gasteiger charge is -2.20. The van der Waals surface area contributed by atoms with Crippen molar-refractivity contribution < 1.29 is 14.0 Å². The maximum Gasteiger partial charge on any atom is 0.313 e. The fraction of sp³-hybridized carbons (Fsp3) is 0.235. The number of nitrogens with one attached hydrogen (secondary N) is 1. The van der Waals surface area contributed by atoms with E-state index in [0.717, 1.165) is 11.1 Å². The van der Waals surface area contributed by atoms with Gasteiger partial charge in [0.25, 0.3) is 0 Å². The second kappa shape index (κ2) is 7.40. The molecule has 0 saturated carbocycles. The molecule has 0 aliphatic heterocycles. The number of aromatic nitrogens is 1. The van der Waals surface area contributed by atoms with Crippen LogP contribution in [0, 0.1) is 0 Å². The second-order valence-corrected chi connectivity index (χ2v) is 5.18. The van der Waals surface area contributed by atoms with Gasteiger partial charge in [0.2, 0.25) is 0 Å².